The van der Waals surface area contributed by atoms with Crippen molar-refractivity contribution in [2.45, 2.75) is 19.3 Å². The average molecular weight is 258 g/mol. The Bertz CT molecular complexity index is 291. The SMILES string of the molecule is C=C1CC(=C(Cl)Cl)CCC1=C(Cl)Cl. The first-order valence-electron chi connectivity index (χ1n) is 3.77. The molecule has 1 aliphatic rings. The van der Waals surface area contributed by atoms with Gasteiger partial charge in [-0.05, 0) is 36.0 Å². The average Bonchev–Trinajstić information content (AvgIpc) is 2.03. The van der Waals surface area contributed by atoms with Gasteiger partial charge in [0.15, 0.2) is 0 Å². The van der Waals surface area contributed by atoms with Gasteiger partial charge in [0.2, 0.25) is 0 Å². The Hall–Kier alpha value is 0.380. The van der Waals surface area contributed by atoms with Crippen LogP contribution < -0.4 is 0 Å². The van der Waals surface area contributed by atoms with Gasteiger partial charge < -0.3 is 0 Å². The van der Waals surface area contributed by atoms with Gasteiger partial charge in [-0.25, -0.2) is 0 Å². The highest BCUT2D eigenvalue weighted by atomic mass is 35.5. The van der Waals surface area contributed by atoms with Crippen LogP contribution in [-0.4, -0.2) is 0 Å². The zero-order valence-electron chi connectivity index (χ0n) is 6.84. The monoisotopic (exact) mass is 256 g/mol. The topological polar surface area (TPSA) is 0 Å². The fourth-order valence-electron chi connectivity index (χ4n) is 1.29. The molecule has 0 unspecified atom stereocenters. The van der Waals surface area contributed by atoms with Crippen LogP contribution in [0.1, 0.15) is 19.3 Å². The van der Waals surface area contributed by atoms with E-state index >= 15 is 0 Å². The predicted octanol–water partition coefficient (Wildman–Crippen LogP) is 5.10. The van der Waals surface area contributed by atoms with Crippen LogP contribution in [0.25, 0.3) is 0 Å². The highest BCUT2D eigenvalue weighted by Gasteiger charge is 2.18. The maximum Gasteiger partial charge on any atom is 0.110 e. The van der Waals surface area contributed by atoms with Crippen LogP contribution in [0.2, 0.25) is 0 Å². The van der Waals surface area contributed by atoms with Crippen LogP contribution >= 0.6 is 46.4 Å². The molecule has 0 N–H and O–H groups in total. The molecule has 0 aromatic carbocycles. The molecule has 0 radical (unpaired) electrons. The molecule has 0 nitrogen and oxygen atoms in total. The fourth-order valence-corrected chi connectivity index (χ4v) is 2.07. The number of allylic oxidation sites excluding steroid dienone is 3. The number of halogens is 4. The summed E-state index contributed by atoms with van der Waals surface area (Å²) in [6, 6.07) is 0. The van der Waals surface area contributed by atoms with E-state index in [1.54, 1.807) is 0 Å². The van der Waals surface area contributed by atoms with Crippen molar-refractivity contribution in [2.24, 2.45) is 0 Å². The van der Waals surface area contributed by atoms with Gasteiger partial charge >= 0.3 is 0 Å². The summed E-state index contributed by atoms with van der Waals surface area (Å²) < 4.78 is 0.639. The Kier molecular flexibility index (Phi) is 4.18. The molecule has 0 aromatic heterocycles. The Balaban J connectivity index is 2.86. The van der Waals surface area contributed by atoms with Crippen molar-refractivity contribution in [2.75, 3.05) is 0 Å². The van der Waals surface area contributed by atoms with Gasteiger partial charge in [0.05, 0.1) is 0 Å². The van der Waals surface area contributed by atoms with Crippen molar-refractivity contribution >= 4 is 46.4 Å². The molecule has 0 bridgehead atoms. The highest BCUT2D eigenvalue weighted by molar-refractivity contribution is 6.57. The molecule has 0 aliphatic heterocycles. The van der Waals surface area contributed by atoms with Crippen molar-refractivity contribution < 1.29 is 0 Å². The lowest BCUT2D eigenvalue weighted by Gasteiger charge is -2.20. The normalized spacial score (nSPS) is 17.7. The van der Waals surface area contributed by atoms with Gasteiger partial charge in [0.25, 0.3) is 0 Å². The van der Waals surface area contributed by atoms with E-state index in [0.717, 1.165) is 29.6 Å². The zero-order chi connectivity index (χ0) is 10.0. The maximum atomic E-state index is 5.68. The fraction of sp³-hybridized carbons (Fsp3) is 0.333. The van der Waals surface area contributed by atoms with Crippen molar-refractivity contribution in [3.63, 3.8) is 0 Å². The summed E-state index contributed by atoms with van der Waals surface area (Å²) in [5.74, 6) is 0. The van der Waals surface area contributed by atoms with Gasteiger partial charge in [-0.1, -0.05) is 53.0 Å². The van der Waals surface area contributed by atoms with Crippen molar-refractivity contribution in [3.8, 4) is 0 Å². The summed E-state index contributed by atoms with van der Waals surface area (Å²) in [4.78, 5) is 0. The lowest BCUT2D eigenvalue weighted by molar-refractivity contribution is 0.831. The molecule has 0 spiro atoms. The van der Waals surface area contributed by atoms with Gasteiger partial charge in [0, 0.05) is 0 Å². The van der Waals surface area contributed by atoms with E-state index in [1.165, 1.54) is 0 Å². The van der Waals surface area contributed by atoms with Crippen LogP contribution in [0.15, 0.2) is 32.3 Å². The summed E-state index contributed by atoms with van der Waals surface area (Å²) in [5, 5.41) is 0. The largest absolute Gasteiger partial charge is 0.110 e. The lowest BCUT2D eigenvalue weighted by atomic mass is 9.88. The molecule has 1 fully saturated rings. The van der Waals surface area contributed by atoms with E-state index in [2.05, 4.69) is 6.58 Å². The summed E-state index contributed by atoms with van der Waals surface area (Å²) in [7, 11) is 0. The molecule has 0 amide bonds. The third-order valence-electron chi connectivity index (χ3n) is 2.03. The molecule has 1 aliphatic carbocycles. The van der Waals surface area contributed by atoms with E-state index < -0.39 is 0 Å². The van der Waals surface area contributed by atoms with Crippen molar-refractivity contribution in [1.82, 2.24) is 0 Å². The molecule has 1 saturated carbocycles. The molecule has 72 valence electrons. The smallest absolute Gasteiger partial charge is 0.0951 e. The molecule has 13 heavy (non-hydrogen) atoms. The molecule has 4 heteroatoms. The first kappa shape index (κ1) is 11.5. The maximum absolute atomic E-state index is 5.68. The molecule has 0 atom stereocenters. The summed E-state index contributed by atoms with van der Waals surface area (Å²) in [6.45, 7) is 3.87. The third-order valence-corrected chi connectivity index (χ3v) is 3.02. The number of hydrogen-bond acceptors (Lipinski definition) is 0. The van der Waals surface area contributed by atoms with Gasteiger partial charge in [0.1, 0.15) is 8.98 Å². The Morgan fingerprint density at radius 3 is 2.00 bits per heavy atom. The van der Waals surface area contributed by atoms with E-state index in [1.807, 2.05) is 0 Å². The van der Waals surface area contributed by atoms with Crippen LogP contribution in [-0.2, 0) is 0 Å². The summed E-state index contributed by atoms with van der Waals surface area (Å²) >= 11 is 22.7. The van der Waals surface area contributed by atoms with Crippen molar-refractivity contribution in [1.29, 1.82) is 0 Å². The summed E-state index contributed by atoms with van der Waals surface area (Å²) in [6.07, 6.45) is 2.24. The second kappa shape index (κ2) is 4.75. The molecular weight excluding hydrogens is 250 g/mol. The zero-order valence-corrected chi connectivity index (χ0v) is 9.86. The first-order valence-corrected chi connectivity index (χ1v) is 5.29. The number of hydrogen-bond donors (Lipinski definition) is 0. The molecule has 0 aromatic rings. The quantitative estimate of drug-likeness (QED) is 0.566. The van der Waals surface area contributed by atoms with E-state index in [9.17, 15) is 0 Å². The molecular formula is C9H8Cl4. The lowest BCUT2D eigenvalue weighted by Crippen LogP contribution is -2.01. The third kappa shape index (κ3) is 2.92. The Labute approximate surface area is 97.8 Å². The van der Waals surface area contributed by atoms with E-state index in [0.29, 0.717) is 15.4 Å². The predicted molar refractivity (Wildman–Crippen MR) is 60.5 cm³/mol. The van der Waals surface area contributed by atoms with E-state index in [-0.39, 0.29) is 0 Å². The van der Waals surface area contributed by atoms with E-state index in [4.69, 9.17) is 46.4 Å². The van der Waals surface area contributed by atoms with Crippen LogP contribution in [0, 0.1) is 0 Å². The Morgan fingerprint density at radius 1 is 1.00 bits per heavy atom. The highest BCUT2D eigenvalue weighted by Crippen LogP contribution is 2.38. The molecule has 0 saturated heterocycles. The van der Waals surface area contributed by atoms with Crippen LogP contribution in [0.5, 0.6) is 0 Å². The molecule has 0 heterocycles. The minimum Gasteiger partial charge on any atom is -0.0951 e. The van der Waals surface area contributed by atoms with Crippen LogP contribution in [0.3, 0.4) is 0 Å². The molecule has 1 rings (SSSR count). The first-order chi connectivity index (χ1) is 6.02. The standard InChI is InChI=1S/C9H8Cl4/c1-5-4-6(8(10)11)2-3-7(5)9(12)13/h1-4H2. The van der Waals surface area contributed by atoms with Gasteiger partial charge in [-0.2, -0.15) is 0 Å². The minimum atomic E-state index is 0.301. The summed E-state index contributed by atoms with van der Waals surface area (Å²) in [5.41, 5.74) is 2.83. The Morgan fingerprint density at radius 2 is 1.62 bits per heavy atom. The van der Waals surface area contributed by atoms with Crippen molar-refractivity contribution in [3.05, 3.63) is 32.3 Å². The van der Waals surface area contributed by atoms with Gasteiger partial charge in [-0.15, -0.1) is 0 Å². The van der Waals surface area contributed by atoms with Crippen LogP contribution in [0.4, 0.5) is 0 Å². The second-order valence-corrected chi connectivity index (χ2v) is 4.78. The minimum absolute atomic E-state index is 0.301. The van der Waals surface area contributed by atoms with Gasteiger partial charge in [-0.3, -0.25) is 0 Å². The second-order valence-electron chi connectivity index (χ2n) is 2.88. The number of rotatable bonds is 0.